The van der Waals surface area contributed by atoms with E-state index in [0.29, 0.717) is 0 Å². The highest BCUT2D eigenvalue weighted by molar-refractivity contribution is 5.93. The van der Waals surface area contributed by atoms with Crippen molar-refractivity contribution in [2.45, 2.75) is 54.1 Å². The number of hydrogen-bond donors (Lipinski definition) is 0. The molecule has 0 aliphatic carbocycles. The van der Waals surface area contributed by atoms with Crippen LogP contribution in [0.3, 0.4) is 0 Å². The van der Waals surface area contributed by atoms with Gasteiger partial charge in [-0.1, -0.05) is 41.5 Å². The molecular formula is C14H27NO3. The van der Waals surface area contributed by atoms with Crippen molar-refractivity contribution in [1.29, 1.82) is 0 Å². The van der Waals surface area contributed by atoms with Gasteiger partial charge < -0.3 is 9.64 Å². The topological polar surface area (TPSA) is 46.6 Å². The fourth-order valence-corrected chi connectivity index (χ4v) is 1.52. The molecule has 4 heteroatoms. The van der Waals surface area contributed by atoms with Crippen LogP contribution in [0.1, 0.15) is 48.5 Å². The van der Waals surface area contributed by atoms with E-state index in [2.05, 4.69) is 0 Å². The van der Waals surface area contributed by atoms with E-state index in [9.17, 15) is 9.59 Å². The Morgan fingerprint density at radius 2 is 1.28 bits per heavy atom. The van der Waals surface area contributed by atoms with Gasteiger partial charge in [0.2, 0.25) is 0 Å². The van der Waals surface area contributed by atoms with Gasteiger partial charge in [-0.2, -0.15) is 0 Å². The molecule has 0 saturated carbocycles. The van der Waals surface area contributed by atoms with Crippen LogP contribution in [0.4, 0.5) is 4.79 Å². The summed E-state index contributed by atoms with van der Waals surface area (Å²) in [5.74, 6) is -0.0716. The lowest BCUT2D eigenvalue weighted by atomic mass is 9.68. The lowest BCUT2D eigenvalue weighted by Gasteiger charge is -2.43. The molecule has 18 heavy (non-hydrogen) atoms. The molecule has 0 aliphatic rings. The Kier molecular flexibility index (Phi) is 4.61. The third-order valence-electron chi connectivity index (χ3n) is 3.20. The second kappa shape index (κ2) is 4.90. The minimum Gasteiger partial charge on any atom is -0.434 e. The fourth-order valence-electron chi connectivity index (χ4n) is 1.52. The first-order valence-electron chi connectivity index (χ1n) is 6.18. The van der Waals surface area contributed by atoms with E-state index in [1.807, 2.05) is 41.5 Å². The number of amides is 1. The number of ether oxygens (including phenoxy) is 1. The Morgan fingerprint density at radius 3 is 1.50 bits per heavy atom. The van der Waals surface area contributed by atoms with E-state index < -0.39 is 22.5 Å². The fraction of sp³-hybridized carbons (Fsp3) is 0.857. The summed E-state index contributed by atoms with van der Waals surface area (Å²) in [6.45, 7) is 12.9. The van der Waals surface area contributed by atoms with Gasteiger partial charge in [0, 0.05) is 24.9 Å². The van der Waals surface area contributed by atoms with E-state index in [0.717, 1.165) is 0 Å². The summed E-state index contributed by atoms with van der Waals surface area (Å²) < 4.78 is 5.49. The maximum Gasteiger partial charge on any atom is 0.410 e. The van der Waals surface area contributed by atoms with Gasteiger partial charge in [0.1, 0.15) is 0 Å². The number of Topliss-reactive ketones (excluding diaryl/α,β-unsaturated/α-hetero) is 1. The number of ketones is 1. The Labute approximate surface area is 111 Å². The predicted octanol–water partition coefficient (Wildman–Crippen LogP) is 3.10. The SMILES string of the molecule is CN(C)C(=O)O[C@@](C)(C(=O)C(C)(C)C)C(C)(C)C. The lowest BCUT2D eigenvalue weighted by molar-refractivity contribution is -0.156. The maximum absolute atomic E-state index is 12.6. The Morgan fingerprint density at radius 1 is 0.889 bits per heavy atom. The van der Waals surface area contributed by atoms with Gasteiger partial charge in [-0.25, -0.2) is 4.79 Å². The molecule has 0 rings (SSSR count). The first-order chi connectivity index (χ1) is 7.73. The molecule has 0 unspecified atom stereocenters. The first kappa shape index (κ1) is 16.9. The molecule has 0 aromatic heterocycles. The summed E-state index contributed by atoms with van der Waals surface area (Å²) in [6.07, 6.45) is -0.495. The van der Waals surface area contributed by atoms with Gasteiger partial charge in [-0.15, -0.1) is 0 Å². The van der Waals surface area contributed by atoms with Crippen molar-refractivity contribution in [2.75, 3.05) is 14.1 Å². The molecule has 0 radical (unpaired) electrons. The molecule has 0 spiro atoms. The van der Waals surface area contributed by atoms with Crippen molar-refractivity contribution in [2.24, 2.45) is 10.8 Å². The minimum atomic E-state index is -1.15. The van der Waals surface area contributed by atoms with Gasteiger partial charge in [-0.05, 0) is 6.92 Å². The summed E-state index contributed by atoms with van der Waals surface area (Å²) >= 11 is 0. The van der Waals surface area contributed by atoms with E-state index in [1.54, 1.807) is 21.0 Å². The minimum absolute atomic E-state index is 0.0716. The third kappa shape index (κ3) is 3.47. The van der Waals surface area contributed by atoms with E-state index in [-0.39, 0.29) is 5.78 Å². The molecule has 0 aromatic carbocycles. The van der Waals surface area contributed by atoms with Crippen molar-refractivity contribution < 1.29 is 14.3 Å². The van der Waals surface area contributed by atoms with Gasteiger partial charge in [0.05, 0.1) is 0 Å². The van der Waals surface area contributed by atoms with Crippen molar-refractivity contribution in [3.05, 3.63) is 0 Å². The molecule has 0 saturated heterocycles. The summed E-state index contributed by atoms with van der Waals surface area (Å²) in [7, 11) is 3.21. The van der Waals surface area contributed by atoms with Crippen molar-refractivity contribution >= 4 is 11.9 Å². The average Bonchev–Trinajstić information content (AvgIpc) is 2.12. The second-order valence-electron chi connectivity index (χ2n) is 7.12. The smallest absolute Gasteiger partial charge is 0.410 e. The van der Waals surface area contributed by atoms with Gasteiger partial charge in [-0.3, -0.25) is 4.79 Å². The Balaban J connectivity index is 5.49. The van der Waals surface area contributed by atoms with Crippen LogP contribution < -0.4 is 0 Å². The largest absolute Gasteiger partial charge is 0.434 e. The molecule has 1 amide bonds. The van der Waals surface area contributed by atoms with Crippen molar-refractivity contribution in [3.8, 4) is 0 Å². The zero-order chi connectivity index (χ0) is 14.9. The normalized spacial score (nSPS) is 15.8. The molecule has 0 fully saturated rings. The van der Waals surface area contributed by atoms with Crippen LogP contribution in [-0.2, 0) is 9.53 Å². The highest BCUT2D eigenvalue weighted by atomic mass is 16.6. The third-order valence-corrected chi connectivity index (χ3v) is 3.20. The van der Waals surface area contributed by atoms with Crippen LogP contribution in [0.5, 0.6) is 0 Å². The second-order valence-corrected chi connectivity index (χ2v) is 7.12. The van der Waals surface area contributed by atoms with Gasteiger partial charge >= 0.3 is 6.09 Å². The summed E-state index contributed by atoms with van der Waals surface area (Å²) in [5.41, 5.74) is -2.18. The van der Waals surface area contributed by atoms with Gasteiger partial charge in [0.15, 0.2) is 11.4 Å². The Hall–Kier alpha value is -1.06. The van der Waals surface area contributed by atoms with Crippen LogP contribution >= 0.6 is 0 Å². The van der Waals surface area contributed by atoms with Crippen LogP contribution in [-0.4, -0.2) is 36.5 Å². The molecule has 1 atom stereocenters. The molecule has 0 N–H and O–H groups in total. The summed E-state index contributed by atoms with van der Waals surface area (Å²) in [6, 6.07) is 0. The number of carbonyl (C=O) groups excluding carboxylic acids is 2. The van der Waals surface area contributed by atoms with Crippen molar-refractivity contribution in [1.82, 2.24) is 4.90 Å². The molecule has 4 nitrogen and oxygen atoms in total. The van der Waals surface area contributed by atoms with Crippen LogP contribution in [0.15, 0.2) is 0 Å². The number of rotatable bonds is 2. The molecular weight excluding hydrogens is 230 g/mol. The van der Waals surface area contributed by atoms with Crippen molar-refractivity contribution in [3.63, 3.8) is 0 Å². The van der Waals surface area contributed by atoms with E-state index in [4.69, 9.17) is 4.74 Å². The highest BCUT2D eigenvalue weighted by Gasteiger charge is 2.51. The number of carbonyl (C=O) groups is 2. The Bertz CT molecular complexity index is 334. The molecule has 0 bridgehead atoms. The van der Waals surface area contributed by atoms with E-state index in [1.165, 1.54) is 4.90 Å². The predicted molar refractivity (Wildman–Crippen MR) is 72.5 cm³/mol. The number of nitrogens with zero attached hydrogens (tertiary/aromatic N) is 1. The van der Waals surface area contributed by atoms with Crippen LogP contribution in [0.2, 0.25) is 0 Å². The standard InChI is InChI=1S/C14H27NO3/c1-12(2,3)10(16)14(7,13(4,5)6)18-11(17)15(8)9/h1-9H3/t14-/m0/s1. The molecule has 106 valence electrons. The van der Waals surface area contributed by atoms with Crippen LogP contribution in [0.25, 0.3) is 0 Å². The summed E-state index contributed by atoms with van der Waals surface area (Å²) in [5, 5.41) is 0. The quantitative estimate of drug-likeness (QED) is 0.763. The maximum atomic E-state index is 12.6. The lowest BCUT2D eigenvalue weighted by Crippen LogP contribution is -2.56. The summed E-state index contributed by atoms with van der Waals surface area (Å²) in [4.78, 5) is 25.7. The zero-order valence-corrected chi connectivity index (χ0v) is 13.2. The average molecular weight is 257 g/mol. The molecule has 0 heterocycles. The molecule has 0 aliphatic heterocycles. The van der Waals surface area contributed by atoms with Gasteiger partial charge in [0.25, 0.3) is 0 Å². The number of hydrogen-bond acceptors (Lipinski definition) is 3. The first-order valence-corrected chi connectivity index (χ1v) is 6.18. The van der Waals surface area contributed by atoms with Crippen LogP contribution in [0, 0.1) is 10.8 Å². The highest BCUT2D eigenvalue weighted by Crippen LogP contribution is 2.39. The van der Waals surface area contributed by atoms with E-state index >= 15 is 0 Å². The molecule has 0 aromatic rings. The zero-order valence-electron chi connectivity index (χ0n) is 13.2. The monoisotopic (exact) mass is 257 g/mol.